The average molecular weight is 658 g/mol. The Kier molecular flexibility index (Phi) is 18.8. The van der Waals surface area contributed by atoms with Gasteiger partial charge in [0.25, 0.3) is 0 Å². The van der Waals surface area contributed by atoms with E-state index in [0.717, 1.165) is 48.5 Å². The number of hydrogen-bond donors (Lipinski definition) is 2. The van der Waals surface area contributed by atoms with Gasteiger partial charge in [0.15, 0.2) is 0 Å². The molecule has 0 saturated carbocycles. The largest absolute Gasteiger partial charge is 2.00 e. The number of aryl methyl sites for hydroxylation is 2. The van der Waals surface area contributed by atoms with E-state index in [9.17, 15) is 26.3 Å². The van der Waals surface area contributed by atoms with Crippen LogP contribution in [0.15, 0.2) is 97.1 Å². The van der Waals surface area contributed by atoms with Crippen molar-refractivity contribution in [1.29, 1.82) is 0 Å². The molecule has 0 aliphatic carbocycles. The first-order valence-corrected chi connectivity index (χ1v) is 13.0. The zero-order chi connectivity index (χ0) is 30.0. The summed E-state index contributed by atoms with van der Waals surface area (Å²) in [6.45, 7) is 4.45. The maximum atomic E-state index is 11.8. The van der Waals surface area contributed by atoms with Crippen LogP contribution in [0.3, 0.4) is 0 Å². The first-order chi connectivity index (χ1) is 18.9. The Morgan fingerprint density at radius 2 is 0.805 bits per heavy atom. The van der Waals surface area contributed by atoms with Gasteiger partial charge < -0.3 is 10.2 Å². The van der Waals surface area contributed by atoms with Gasteiger partial charge in [0.2, 0.25) is 0 Å². The van der Waals surface area contributed by atoms with Crippen LogP contribution in [0.1, 0.15) is 61.8 Å². The average Bonchev–Trinajstić information content (AvgIpc) is 3.61. The predicted octanol–water partition coefficient (Wildman–Crippen LogP) is 10.3. The molecule has 0 fully saturated rings. The van der Waals surface area contributed by atoms with E-state index in [2.05, 4.69) is 62.4 Å². The van der Waals surface area contributed by atoms with Crippen LogP contribution in [0.2, 0.25) is 0 Å². The number of alkyl halides is 6. The Labute approximate surface area is 257 Å². The molecule has 41 heavy (non-hydrogen) atoms. The zero-order valence-electron chi connectivity index (χ0n) is 23.1. The zero-order valence-corrected chi connectivity index (χ0v) is 25.6. The molecule has 4 aromatic carbocycles. The number of rotatable bonds is 6. The summed E-state index contributed by atoms with van der Waals surface area (Å²) >= 11 is 0. The van der Waals surface area contributed by atoms with Crippen molar-refractivity contribution in [3.63, 3.8) is 0 Å². The molecule has 4 rings (SSSR count). The van der Waals surface area contributed by atoms with Gasteiger partial charge in [0.05, 0.1) is 11.1 Å². The number of halogens is 6. The smallest absolute Gasteiger partial charge is 0.508 e. The number of hydrogen-bond acceptors (Lipinski definition) is 2. The van der Waals surface area contributed by atoms with Crippen LogP contribution in [0, 0.1) is 0 Å². The van der Waals surface area contributed by atoms with Crippen molar-refractivity contribution < 1.29 is 62.8 Å². The molecule has 0 bridgehead atoms. The van der Waals surface area contributed by atoms with Gasteiger partial charge in [-0.2, -0.15) is 61.7 Å². The second-order valence-corrected chi connectivity index (χ2v) is 8.88. The van der Waals surface area contributed by atoms with Crippen molar-refractivity contribution in [2.45, 2.75) is 64.7 Å². The molecule has 9 heteroatoms. The molecule has 0 heterocycles. The number of phenols is 2. The van der Waals surface area contributed by atoms with Crippen molar-refractivity contribution in [2.75, 3.05) is 0 Å². The quantitative estimate of drug-likeness (QED) is 0.160. The minimum atomic E-state index is -4.33. The van der Waals surface area contributed by atoms with Gasteiger partial charge in [-0.1, -0.05) is 52.4 Å². The normalized spacial score (nSPS) is 10.5. The van der Waals surface area contributed by atoms with Crippen molar-refractivity contribution >= 4 is 0 Å². The van der Waals surface area contributed by atoms with Gasteiger partial charge in [-0.3, -0.25) is 0 Å². The third-order valence-electron chi connectivity index (χ3n) is 5.49. The molecule has 2 nitrogen and oxygen atoms in total. The summed E-state index contributed by atoms with van der Waals surface area (Å²) in [5.41, 5.74) is 1.46. The van der Waals surface area contributed by atoms with Gasteiger partial charge >= 0.3 is 38.6 Å². The second kappa shape index (κ2) is 20.1. The van der Waals surface area contributed by atoms with Gasteiger partial charge in [0.1, 0.15) is 11.5 Å². The minimum absolute atomic E-state index is 0. The molecule has 0 saturated heterocycles. The number of unbranched alkanes of at least 4 members (excludes halogenated alkanes) is 2. The summed E-state index contributed by atoms with van der Waals surface area (Å²) in [5, 5.41) is 17.3. The van der Waals surface area contributed by atoms with Crippen LogP contribution < -0.4 is 0 Å². The molecule has 0 spiro atoms. The van der Waals surface area contributed by atoms with Crippen molar-refractivity contribution in [3.05, 3.63) is 119 Å². The van der Waals surface area contributed by atoms with E-state index in [-0.39, 0.29) is 37.7 Å². The van der Waals surface area contributed by atoms with Crippen molar-refractivity contribution in [1.82, 2.24) is 0 Å². The van der Waals surface area contributed by atoms with E-state index < -0.39 is 23.5 Å². The molecule has 0 atom stereocenters. The third-order valence-corrected chi connectivity index (χ3v) is 5.49. The summed E-state index contributed by atoms with van der Waals surface area (Å²) < 4.78 is 71.0. The standard InChI is InChI=1S/2C9H13.2C7H5F3O.Zr/c2*1-2-3-6-9-7-4-5-8-9;2*8-7(9,10)5-1-3-6(11)4-2-5;/h2*4-5,7-8H,2-3,6H2,1H3;2*1-4,11H;/q2*-1;;;+2. The summed E-state index contributed by atoms with van der Waals surface area (Å²) in [6.07, 6.45) is -0.904. The van der Waals surface area contributed by atoms with E-state index in [0.29, 0.717) is 0 Å². The number of phenolic OH excluding ortho intramolecular Hbond substituents is 2. The maximum absolute atomic E-state index is 11.8. The fourth-order valence-electron chi connectivity index (χ4n) is 3.22. The Morgan fingerprint density at radius 3 is 1.02 bits per heavy atom. The Bertz CT molecular complexity index is 1040. The fraction of sp³-hybridized carbons (Fsp3) is 0.312. The number of benzene rings is 2. The topological polar surface area (TPSA) is 40.5 Å². The Morgan fingerprint density at radius 1 is 0.537 bits per heavy atom. The van der Waals surface area contributed by atoms with E-state index >= 15 is 0 Å². The van der Waals surface area contributed by atoms with Crippen LogP contribution in [0.4, 0.5) is 26.3 Å². The first kappa shape index (κ1) is 38.2. The molecule has 0 aliphatic rings. The second-order valence-electron chi connectivity index (χ2n) is 8.88. The molecule has 4 aromatic rings. The SMILES string of the molecule is CCCC[c-]1cccc1.CCCC[c-]1cccc1.Oc1ccc(C(F)(F)F)cc1.Oc1ccc(C(F)(F)F)cc1.[Zr+2]. The molecule has 0 amide bonds. The van der Waals surface area contributed by atoms with Gasteiger partial charge in [-0.25, -0.2) is 24.3 Å². The van der Waals surface area contributed by atoms with Gasteiger partial charge in [0, 0.05) is 0 Å². The molecule has 2 N–H and O–H groups in total. The van der Waals surface area contributed by atoms with Gasteiger partial charge in [-0.05, 0) is 48.5 Å². The monoisotopic (exact) mass is 656 g/mol. The molecule has 0 unspecified atom stereocenters. The van der Waals surface area contributed by atoms with E-state index in [1.54, 1.807) is 0 Å². The third kappa shape index (κ3) is 17.6. The summed E-state index contributed by atoms with van der Waals surface area (Å²) in [4.78, 5) is 0. The Balaban J connectivity index is 0.000000518. The maximum Gasteiger partial charge on any atom is 2.00 e. The van der Waals surface area contributed by atoms with Crippen LogP contribution in [0.25, 0.3) is 0 Å². The van der Waals surface area contributed by atoms with Crippen molar-refractivity contribution in [3.8, 4) is 11.5 Å². The molecule has 0 aromatic heterocycles. The molecular weight excluding hydrogens is 622 g/mol. The van der Waals surface area contributed by atoms with Crippen molar-refractivity contribution in [2.24, 2.45) is 0 Å². The van der Waals surface area contributed by atoms with Crippen LogP contribution in [-0.2, 0) is 51.4 Å². The summed E-state index contributed by atoms with van der Waals surface area (Å²) in [7, 11) is 0. The van der Waals surface area contributed by atoms with Gasteiger partial charge in [-0.15, -0.1) is 0 Å². The molecular formula is C32H36F6O2Zr. The van der Waals surface area contributed by atoms with Crippen LogP contribution in [-0.4, -0.2) is 10.2 Å². The molecule has 0 aliphatic heterocycles. The van der Waals surface area contributed by atoms with Crippen LogP contribution in [0.5, 0.6) is 11.5 Å². The van der Waals surface area contributed by atoms with Crippen LogP contribution >= 0.6 is 0 Å². The first-order valence-electron chi connectivity index (χ1n) is 13.0. The fourth-order valence-corrected chi connectivity index (χ4v) is 3.22. The summed E-state index contributed by atoms with van der Waals surface area (Å²) in [6, 6.07) is 24.5. The Hall–Kier alpha value is -2.80. The molecule has 222 valence electrons. The van der Waals surface area contributed by atoms with E-state index in [1.165, 1.54) is 49.7 Å². The predicted molar refractivity (Wildman–Crippen MR) is 148 cm³/mol. The summed E-state index contributed by atoms with van der Waals surface area (Å²) in [5.74, 6) is -0.337. The van der Waals surface area contributed by atoms with E-state index in [1.807, 2.05) is 0 Å². The van der Waals surface area contributed by atoms with E-state index in [4.69, 9.17) is 10.2 Å². The number of aromatic hydroxyl groups is 2. The molecule has 0 radical (unpaired) electrons. The minimum Gasteiger partial charge on any atom is -0.508 e.